The molecule has 72 valence electrons. The zero-order valence-corrected chi connectivity index (χ0v) is 7.98. The lowest BCUT2D eigenvalue weighted by atomic mass is 10.1. The van der Waals surface area contributed by atoms with E-state index in [2.05, 4.69) is 16.2 Å². The van der Waals surface area contributed by atoms with Crippen molar-refractivity contribution in [3.63, 3.8) is 0 Å². The minimum Gasteiger partial charge on any atom is -0.369 e. The molecule has 1 fully saturated rings. The molecule has 1 aliphatic heterocycles. The van der Waals surface area contributed by atoms with E-state index in [4.69, 9.17) is 5.73 Å². The summed E-state index contributed by atoms with van der Waals surface area (Å²) >= 11 is 0. The molecule has 2 heterocycles. The van der Waals surface area contributed by atoms with Crippen molar-refractivity contribution in [2.24, 2.45) is 12.8 Å². The summed E-state index contributed by atoms with van der Waals surface area (Å²) < 4.78 is 1.84. The molecule has 1 aromatic heterocycles. The second-order valence-electron chi connectivity index (χ2n) is 3.70. The summed E-state index contributed by atoms with van der Waals surface area (Å²) in [5, 5.41) is 4.15. The number of hydrogen-bond donors (Lipinski definition) is 1. The lowest BCUT2D eigenvalue weighted by Gasteiger charge is -2.30. The van der Waals surface area contributed by atoms with E-state index in [9.17, 15) is 0 Å². The first-order chi connectivity index (χ1) is 6.25. The van der Waals surface area contributed by atoms with E-state index in [1.165, 1.54) is 5.69 Å². The minimum absolute atomic E-state index is 0.396. The highest BCUT2D eigenvalue weighted by Crippen LogP contribution is 2.17. The summed E-state index contributed by atoms with van der Waals surface area (Å²) in [5.41, 5.74) is 7.05. The molecule has 4 heteroatoms. The third-order valence-electron chi connectivity index (χ3n) is 2.60. The quantitative estimate of drug-likeness (QED) is 0.678. The van der Waals surface area contributed by atoms with Crippen molar-refractivity contribution < 1.29 is 0 Å². The molecule has 1 aliphatic rings. The number of aryl methyl sites for hydroxylation is 1. The van der Waals surface area contributed by atoms with Gasteiger partial charge in [0.15, 0.2) is 0 Å². The van der Waals surface area contributed by atoms with E-state index in [0.29, 0.717) is 6.04 Å². The van der Waals surface area contributed by atoms with Crippen LogP contribution in [0.1, 0.15) is 12.8 Å². The van der Waals surface area contributed by atoms with Gasteiger partial charge in [0.1, 0.15) is 0 Å². The normalized spacial score (nSPS) is 19.4. The molecule has 1 aromatic rings. The second-order valence-corrected chi connectivity index (χ2v) is 3.70. The highest BCUT2D eigenvalue weighted by atomic mass is 15.3. The molecular formula is C9H16N4. The maximum atomic E-state index is 5.83. The van der Waals surface area contributed by atoms with Crippen molar-refractivity contribution >= 4 is 5.69 Å². The number of anilines is 1. The first kappa shape index (κ1) is 8.56. The van der Waals surface area contributed by atoms with Gasteiger partial charge in [0.25, 0.3) is 0 Å². The van der Waals surface area contributed by atoms with Gasteiger partial charge in [-0.2, -0.15) is 5.10 Å². The summed E-state index contributed by atoms with van der Waals surface area (Å²) in [4.78, 5) is 2.34. The van der Waals surface area contributed by atoms with Gasteiger partial charge < -0.3 is 10.6 Å². The highest BCUT2D eigenvalue weighted by molar-refractivity contribution is 5.42. The Morgan fingerprint density at radius 1 is 1.46 bits per heavy atom. The first-order valence-corrected chi connectivity index (χ1v) is 4.75. The molecule has 0 unspecified atom stereocenters. The van der Waals surface area contributed by atoms with Crippen molar-refractivity contribution in [3.8, 4) is 0 Å². The number of nitrogens with two attached hydrogens (primary N) is 1. The average molecular weight is 180 g/mol. The Balaban J connectivity index is 2.02. The number of piperidine rings is 1. The summed E-state index contributed by atoms with van der Waals surface area (Å²) in [6.07, 6.45) is 6.15. The number of hydrogen-bond acceptors (Lipinski definition) is 3. The van der Waals surface area contributed by atoms with E-state index < -0.39 is 0 Å². The van der Waals surface area contributed by atoms with Crippen LogP contribution in [0.25, 0.3) is 0 Å². The van der Waals surface area contributed by atoms with Gasteiger partial charge >= 0.3 is 0 Å². The fraction of sp³-hybridized carbons (Fsp3) is 0.667. The van der Waals surface area contributed by atoms with Gasteiger partial charge in [-0.3, -0.25) is 4.68 Å². The minimum atomic E-state index is 0.396. The highest BCUT2D eigenvalue weighted by Gasteiger charge is 2.16. The molecule has 4 nitrogen and oxygen atoms in total. The van der Waals surface area contributed by atoms with Crippen LogP contribution in [-0.2, 0) is 7.05 Å². The molecule has 0 bridgehead atoms. The Hall–Kier alpha value is -1.03. The van der Waals surface area contributed by atoms with Gasteiger partial charge in [-0.05, 0) is 12.8 Å². The van der Waals surface area contributed by atoms with Crippen LogP contribution in [-0.4, -0.2) is 28.9 Å². The van der Waals surface area contributed by atoms with E-state index in [-0.39, 0.29) is 0 Å². The molecule has 0 amide bonds. The fourth-order valence-corrected chi connectivity index (χ4v) is 1.73. The van der Waals surface area contributed by atoms with Gasteiger partial charge in [-0.1, -0.05) is 0 Å². The van der Waals surface area contributed by atoms with Crippen LogP contribution >= 0.6 is 0 Å². The molecule has 13 heavy (non-hydrogen) atoms. The van der Waals surface area contributed by atoms with Gasteiger partial charge in [-0.25, -0.2) is 0 Å². The van der Waals surface area contributed by atoms with Crippen LogP contribution in [0, 0.1) is 0 Å². The largest absolute Gasteiger partial charge is 0.369 e. The molecule has 0 atom stereocenters. The van der Waals surface area contributed by atoms with E-state index in [1.807, 2.05) is 17.9 Å². The zero-order valence-electron chi connectivity index (χ0n) is 7.98. The third-order valence-corrected chi connectivity index (χ3v) is 2.60. The molecule has 1 saturated heterocycles. The maximum Gasteiger partial charge on any atom is 0.0752 e. The molecule has 0 saturated carbocycles. The van der Waals surface area contributed by atoms with Crippen molar-refractivity contribution in [2.75, 3.05) is 18.0 Å². The van der Waals surface area contributed by atoms with Crippen LogP contribution in [0.15, 0.2) is 12.4 Å². The van der Waals surface area contributed by atoms with Crippen LogP contribution in [0.3, 0.4) is 0 Å². The first-order valence-electron chi connectivity index (χ1n) is 4.75. The smallest absolute Gasteiger partial charge is 0.0752 e. The van der Waals surface area contributed by atoms with E-state index in [1.54, 1.807) is 0 Å². The van der Waals surface area contributed by atoms with Crippen LogP contribution < -0.4 is 10.6 Å². The van der Waals surface area contributed by atoms with Crippen LogP contribution in [0.4, 0.5) is 5.69 Å². The summed E-state index contributed by atoms with van der Waals surface area (Å²) in [5.74, 6) is 0. The number of rotatable bonds is 1. The predicted octanol–water partition coefficient (Wildman–Crippen LogP) is 0.348. The van der Waals surface area contributed by atoms with Crippen LogP contribution in [0.5, 0.6) is 0 Å². The Morgan fingerprint density at radius 3 is 2.69 bits per heavy atom. The fourth-order valence-electron chi connectivity index (χ4n) is 1.73. The second kappa shape index (κ2) is 3.38. The number of aromatic nitrogens is 2. The van der Waals surface area contributed by atoms with Gasteiger partial charge in [0, 0.05) is 32.4 Å². The Morgan fingerprint density at radius 2 is 2.15 bits per heavy atom. The van der Waals surface area contributed by atoms with Gasteiger partial charge in [0.2, 0.25) is 0 Å². The molecule has 0 spiro atoms. The lowest BCUT2D eigenvalue weighted by Crippen LogP contribution is -2.39. The van der Waals surface area contributed by atoms with Gasteiger partial charge in [0.05, 0.1) is 11.9 Å². The summed E-state index contributed by atoms with van der Waals surface area (Å²) in [7, 11) is 1.94. The Labute approximate surface area is 78.3 Å². The van der Waals surface area contributed by atoms with Crippen molar-refractivity contribution in [1.82, 2.24) is 9.78 Å². The lowest BCUT2D eigenvalue weighted by molar-refractivity contribution is 0.501. The zero-order chi connectivity index (χ0) is 9.26. The third kappa shape index (κ3) is 1.83. The standard InChI is InChI=1S/C9H16N4/c1-12-7-9(6-11-12)13-4-2-8(10)3-5-13/h6-8H,2-5,10H2,1H3. The van der Waals surface area contributed by atoms with Crippen molar-refractivity contribution in [2.45, 2.75) is 18.9 Å². The van der Waals surface area contributed by atoms with Crippen molar-refractivity contribution in [1.29, 1.82) is 0 Å². The van der Waals surface area contributed by atoms with Gasteiger partial charge in [-0.15, -0.1) is 0 Å². The molecule has 2 N–H and O–H groups in total. The summed E-state index contributed by atoms with van der Waals surface area (Å²) in [6.45, 7) is 2.12. The monoisotopic (exact) mass is 180 g/mol. The molecule has 0 aromatic carbocycles. The van der Waals surface area contributed by atoms with Crippen LogP contribution in [0.2, 0.25) is 0 Å². The molecule has 0 aliphatic carbocycles. The molecular weight excluding hydrogens is 164 g/mol. The number of nitrogens with zero attached hydrogens (tertiary/aromatic N) is 3. The SMILES string of the molecule is Cn1cc(N2CCC(N)CC2)cn1. The topological polar surface area (TPSA) is 47.1 Å². The summed E-state index contributed by atoms with van der Waals surface area (Å²) in [6, 6.07) is 0.396. The average Bonchev–Trinajstić information content (AvgIpc) is 2.53. The Kier molecular flexibility index (Phi) is 2.22. The maximum absolute atomic E-state index is 5.83. The molecule has 2 rings (SSSR count). The molecule has 0 radical (unpaired) electrons. The van der Waals surface area contributed by atoms with Crippen molar-refractivity contribution in [3.05, 3.63) is 12.4 Å². The van der Waals surface area contributed by atoms with E-state index >= 15 is 0 Å². The van der Waals surface area contributed by atoms with E-state index in [0.717, 1.165) is 25.9 Å². The predicted molar refractivity (Wildman–Crippen MR) is 52.6 cm³/mol. The Bertz CT molecular complexity index is 273.